The summed E-state index contributed by atoms with van der Waals surface area (Å²) in [5.74, 6) is 2.52. The van der Waals surface area contributed by atoms with Gasteiger partial charge in [-0.2, -0.15) is 0 Å². The largest absolute Gasteiger partial charge is 0.378 e. The van der Waals surface area contributed by atoms with Crippen molar-refractivity contribution < 1.29 is 9.53 Å². The number of carbonyl (C=O) groups is 1. The molecule has 25 heavy (non-hydrogen) atoms. The van der Waals surface area contributed by atoms with Crippen LogP contribution in [0, 0.1) is 11.8 Å². The molecule has 8 heteroatoms. The smallest absolute Gasteiger partial charge is 0.230 e. The van der Waals surface area contributed by atoms with Crippen LogP contribution in [-0.2, 0) is 16.1 Å². The number of carbonyl (C=O) groups excluding carboxylic acids is 1. The van der Waals surface area contributed by atoms with Crippen molar-refractivity contribution in [1.82, 2.24) is 20.1 Å². The first-order chi connectivity index (χ1) is 12.0. The number of nitrogens with one attached hydrogen (secondary N) is 1. The van der Waals surface area contributed by atoms with E-state index in [9.17, 15) is 4.79 Å². The van der Waals surface area contributed by atoms with Crippen molar-refractivity contribution in [3.63, 3.8) is 0 Å². The second-order valence-electron chi connectivity index (χ2n) is 7.37. The number of amides is 1. The second-order valence-corrected chi connectivity index (χ2v) is 8.31. The summed E-state index contributed by atoms with van der Waals surface area (Å²) in [5, 5.41) is 12.7. The Balaban J connectivity index is 1.62. The molecule has 2 aliphatic rings. The molecule has 2 fully saturated rings. The van der Waals surface area contributed by atoms with Gasteiger partial charge in [0.1, 0.15) is 0 Å². The number of aromatic nitrogens is 3. The Morgan fingerprint density at radius 1 is 1.28 bits per heavy atom. The van der Waals surface area contributed by atoms with Gasteiger partial charge in [0.25, 0.3) is 0 Å². The molecule has 1 saturated carbocycles. The summed E-state index contributed by atoms with van der Waals surface area (Å²) in [5.41, 5.74) is 0. The fourth-order valence-corrected chi connectivity index (χ4v) is 3.80. The molecular formula is C17H29N5O2S. The van der Waals surface area contributed by atoms with E-state index in [1.165, 1.54) is 24.6 Å². The van der Waals surface area contributed by atoms with E-state index in [0.717, 1.165) is 44.0 Å². The fourth-order valence-electron chi connectivity index (χ4n) is 3.05. The lowest BCUT2D eigenvalue weighted by Gasteiger charge is -2.28. The van der Waals surface area contributed by atoms with Gasteiger partial charge in [-0.15, -0.1) is 10.2 Å². The summed E-state index contributed by atoms with van der Waals surface area (Å²) in [4.78, 5) is 14.4. The van der Waals surface area contributed by atoms with Gasteiger partial charge in [-0.3, -0.25) is 9.36 Å². The Hall–Kier alpha value is -1.28. The lowest BCUT2D eigenvalue weighted by molar-refractivity contribution is -0.119. The first kappa shape index (κ1) is 18.5. The summed E-state index contributed by atoms with van der Waals surface area (Å²) >= 11 is 1.48. The number of morpholine rings is 1. The van der Waals surface area contributed by atoms with Crippen molar-refractivity contribution in [3.05, 3.63) is 0 Å². The zero-order chi connectivity index (χ0) is 17.8. The summed E-state index contributed by atoms with van der Waals surface area (Å²) in [6, 6.07) is 0.283. The predicted octanol–water partition coefficient (Wildman–Crippen LogP) is 1.78. The van der Waals surface area contributed by atoms with Crippen molar-refractivity contribution in [2.75, 3.05) is 37.0 Å². The minimum atomic E-state index is 0.0800. The Kier molecular flexibility index (Phi) is 6.22. The Morgan fingerprint density at radius 2 is 2.00 bits per heavy atom. The fraction of sp³-hybridized carbons (Fsp3) is 0.824. The number of ether oxygens (including phenoxy) is 1. The maximum atomic E-state index is 12.2. The normalized spacial score (nSPS) is 19.3. The molecular weight excluding hydrogens is 338 g/mol. The molecule has 0 aromatic carbocycles. The van der Waals surface area contributed by atoms with Crippen molar-refractivity contribution in [2.45, 2.75) is 51.4 Å². The average molecular weight is 368 g/mol. The maximum Gasteiger partial charge on any atom is 0.230 e. The standard InChI is InChI=1S/C17H29N5O2S/c1-12(2)10-22-16(21-6-8-24-9-7-21)19-20-17(22)25-11-15(23)18-13(3)14-4-5-14/h12-14H,4-11H2,1-3H3,(H,18,23)/t13-/m1/s1. The van der Waals surface area contributed by atoms with Gasteiger partial charge in [0, 0.05) is 25.7 Å². The van der Waals surface area contributed by atoms with Crippen LogP contribution in [0.4, 0.5) is 5.95 Å². The zero-order valence-corrected chi connectivity index (χ0v) is 16.2. The van der Waals surface area contributed by atoms with Gasteiger partial charge in [-0.1, -0.05) is 25.6 Å². The molecule has 0 spiro atoms. The van der Waals surface area contributed by atoms with E-state index in [0.29, 0.717) is 17.6 Å². The third-order valence-electron chi connectivity index (χ3n) is 4.59. The number of nitrogens with zero attached hydrogens (tertiary/aromatic N) is 4. The zero-order valence-electron chi connectivity index (χ0n) is 15.4. The van der Waals surface area contributed by atoms with Gasteiger partial charge in [-0.25, -0.2) is 0 Å². The van der Waals surface area contributed by atoms with E-state index in [2.05, 4.69) is 45.8 Å². The highest BCUT2D eigenvalue weighted by atomic mass is 32.2. The molecule has 1 aliphatic heterocycles. The van der Waals surface area contributed by atoms with Crippen molar-refractivity contribution in [3.8, 4) is 0 Å². The summed E-state index contributed by atoms with van der Waals surface area (Å²) in [7, 11) is 0. The van der Waals surface area contributed by atoms with Crippen LogP contribution in [-0.4, -0.2) is 58.8 Å². The van der Waals surface area contributed by atoms with Gasteiger partial charge in [-0.05, 0) is 31.6 Å². The molecule has 1 amide bonds. The third-order valence-corrected chi connectivity index (χ3v) is 5.56. The van der Waals surface area contributed by atoms with Gasteiger partial charge >= 0.3 is 0 Å². The van der Waals surface area contributed by atoms with Crippen LogP contribution in [0.25, 0.3) is 0 Å². The van der Waals surface area contributed by atoms with Crippen LogP contribution in [0.5, 0.6) is 0 Å². The molecule has 2 heterocycles. The summed E-state index contributed by atoms with van der Waals surface area (Å²) in [6.45, 7) is 10.4. The van der Waals surface area contributed by atoms with Crippen molar-refractivity contribution >= 4 is 23.6 Å². The number of anilines is 1. The van der Waals surface area contributed by atoms with Gasteiger partial charge in [0.2, 0.25) is 11.9 Å². The quantitative estimate of drug-likeness (QED) is 0.706. The monoisotopic (exact) mass is 367 g/mol. The van der Waals surface area contributed by atoms with E-state index < -0.39 is 0 Å². The second kappa shape index (κ2) is 8.40. The van der Waals surface area contributed by atoms with E-state index in [-0.39, 0.29) is 11.9 Å². The predicted molar refractivity (Wildman–Crippen MR) is 98.9 cm³/mol. The molecule has 0 bridgehead atoms. The van der Waals surface area contributed by atoms with Crippen LogP contribution >= 0.6 is 11.8 Å². The van der Waals surface area contributed by atoms with Gasteiger partial charge < -0.3 is 15.0 Å². The van der Waals surface area contributed by atoms with Gasteiger partial charge in [0.15, 0.2) is 5.16 Å². The highest BCUT2D eigenvalue weighted by Gasteiger charge is 2.29. The van der Waals surface area contributed by atoms with Gasteiger partial charge in [0.05, 0.1) is 19.0 Å². The molecule has 1 saturated heterocycles. The van der Waals surface area contributed by atoms with E-state index >= 15 is 0 Å². The molecule has 1 aliphatic carbocycles. The first-order valence-corrected chi connectivity index (χ1v) is 10.2. The average Bonchev–Trinajstić information content (AvgIpc) is 3.36. The number of thioether (sulfide) groups is 1. The molecule has 7 nitrogen and oxygen atoms in total. The lowest BCUT2D eigenvalue weighted by atomic mass is 10.2. The maximum absolute atomic E-state index is 12.2. The number of hydrogen-bond acceptors (Lipinski definition) is 6. The number of hydrogen-bond donors (Lipinski definition) is 1. The SMILES string of the molecule is CC(C)Cn1c(SCC(=O)N[C@H](C)C2CC2)nnc1N1CCOCC1. The van der Waals surface area contributed by atoms with E-state index in [1.54, 1.807) is 0 Å². The van der Waals surface area contributed by atoms with Crippen LogP contribution in [0.1, 0.15) is 33.6 Å². The van der Waals surface area contributed by atoms with Crippen molar-refractivity contribution in [1.29, 1.82) is 0 Å². The van der Waals surface area contributed by atoms with Crippen LogP contribution in [0.15, 0.2) is 5.16 Å². The van der Waals surface area contributed by atoms with E-state index in [1.807, 2.05) is 0 Å². The topological polar surface area (TPSA) is 72.3 Å². The summed E-state index contributed by atoms with van der Waals surface area (Å²) < 4.78 is 7.58. The molecule has 0 radical (unpaired) electrons. The Bertz CT molecular complexity index is 582. The molecule has 1 aromatic rings. The minimum Gasteiger partial charge on any atom is -0.378 e. The molecule has 1 aromatic heterocycles. The Labute approximate surface area is 153 Å². The van der Waals surface area contributed by atoms with Crippen LogP contribution in [0.2, 0.25) is 0 Å². The lowest BCUT2D eigenvalue weighted by Crippen LogP contribution is -2.38. The van der Waals surface area contributed by atoms with Crippen LogP contribution < -0.4 is 10.2 Å². The molecule has 1 atom stereocenters. The molecule has 1 N–H and O–H groups in total. The third kappa shape index (κ3) is 5.10. The van der Waals surface area contributed by atoms with Crippen molar-refractivity contribution in [2.24, 2.45) is 11.8 Å². The highest BCUT2D eigenvalue weighted by molar-refractivity contribution is 7.99. The number of rotatable bonds is 8. The minimum absolute atomic E-state index is 0.0800. The first-order valence-electron chi connectivity index (χ1n) is 9.22. The van der Waals surface area contributed by atoms with E-state index in [4.69, 9.17) is 4.74 Å². The Morgan fingerprint density at radius 3 is 2.64 bits per heavy atom. The summed E-state index contributed by atoms with van der Waals surface area (Å²) in [6.07, 6.45) is 2.47. The molecule has 3 rings (SSSR count). The molecule has 0 unspecified atom stereocenters. The highest BCUT2D eigenvalue weighted by Crippen LogP contribution is 2.32. The van der Waals surface area contributed by atoms with Crippen LogP contribution in [0.3, 0.4) is 0 Å². The molecule has 140 valence electrons.